The van der Waals surface area contributed by atoms with Crippen LogP contribution in [0.25, 0.3) is 11.4 Å². The molecule has 2 aromatic carbocycles. The molecule has 1 heterocycles. The monoisotopic (exact) mass is 321 g/mol. The number of benzene rings is 2. The lowest BCUT2D eigenvalue weighted by molar-refractivity contribution is -0.122. The molecule has 0 bridgehead atoms. The van der Waals surface area contributed by atoms with E-state index < -0.39 is 0 Å². The molecule has 3 rings (SSSR count). The summed E-state index contributed by atoms with van der Waals surface area (Å²) in [5, 5.41) is 6.83. The van der Waals surface area contributed by atoms with Gasteiger partial charge in [0.15, 0.2) is 0 Å². The lowest BCUT2D eigenvalue weighted by Gasteiger charge is -2.14. The Labute approximate surface area is 140 Å². The van der Waals surface area contributed by atoms with Gasteiger partial charge in [-0.05, 0) is 12.0 Å². The van der Waals surface area contributed by atoms with E-state index in [-0.39, 0.29) is 18.4 Å². The molecule has 0 radical (unpaired) electrons. The van der Waals surface area contributed by atoms with Gasteiger partial charge in [0.1, 0.15) is 0 Å². The Morgan fingerprint density at radius 1 is 1.08 bits per heavy atom. The van der Waals surface area contributed by atoms with Gasteiger partial charge in [0, 0.05) is 5.56 Å². The normalized spacial score (nSPS) is 11.9. The van der Waals surface area contributed by atoms with Crippen molar-refractivity contribution in [3.05, 3.63) is 72.1 Å². The summed E-state index contributed by atoms with van der Waals surface area (Å²) >= 11 is 0. The number of nitrogens with one attached hydrogen (secondary N) is 1. The second-order valence-corrected chi connectivity index (χ2v) is 5.47. The number of rotatable bonds is 6. The van der Waals surface area contributed by atoms with E-state index in [0.29, 0.717) is 11.7 Å². The maximum absolute atomic E-state index is 12.4. The van der Waals surface area contributed by atoms with E-state index in [4.69, 9.17) is 4.52 Å². The zero-order valence-electron chi connectivity index (χ0n) is 13.5. The van der Waals surface area contributed by atoms with Gasteiger partial charge in [-0.25, -0.2) is 0 Å². The summed E-state index contributed by atoms with van der Waals surface area (Å²) in [6.07, 6.45) is 0.731. The predicted octanol–water partition coefficient (Wildman–Crippen LogP) is 3.55. The molecule has 0 aliphatic rings. The van der Waals surface area contributed by atoms with E-state index >= 15 is 0 Å². The zero-order chi connectivity index (χ0) is 16.8. The van der Waals surface area contributed by atoms with Crippen LogP contribution >= 0.6 is 0 Å². The van der Waals surface area contributed by atoms with E-state index in [9.17, 15) is 4.79 Å². The molecule has 1 atom stereocenters. The number of hydrogen-bond acceptors (Lipinski definition) is 4. The molecule has 122 valence electrons. The first kappa shape index (κ1) is 15.9. The Bertz CT molecular complexity index is 785. The highest BCUT2D eigenvalue weighted by atomic mass is 16.5. The van der Waals surface area contributed by atoms with Crippen molar-refractivity contribution in [3.63, 3.8) is 0 Å². The summed E-state index contributed by atoms with van der Waals surface area (Å²) in [6, 6.07) is 19.3. The molecule has 1 aromatic heterocycles. The predicted molar refractivity (Wildman–Crippen MR) is 91.1 cm³/mol. The average Bonchev–Trinajstić information content (AvgIpc) is 3.11. The van der Waals surface area contributed by atoms with Crippen molar-refractivity contribution >= 4 is 5.91 Å². The van der Waals surface area contributed by atoms with Crippen LogP contribution in [-0.2, 0) is 11.3 Å². The molecule has 0 saturated heterocycles. The van der Waals surface area contributed by atoms with Crippen LogP contribution in [0.15, 0.2) is 65.2 Å². The molecule has 0 fully saturated rings. The largest absolute Gasteiger partial charge is 0.346 e. The van der Waals surface area contributed by atoms with Gasteiger partial charge in [-0.15, -0.1) is 0 Å². The topological polar surface area (TPSA) is 68.0 Å². The van der Waals surface area contributed by atoms with E-state index in [1.54, 1.807) is 0 Å². The second-order valence-electron chi connectivity index (χ2n) is 5.47. The minimum atomic E-state index is -0.178. The second kappa shape index (κ2) is 7.55. The maximum atomic E-state index is 12.4. The molecule has 1 N–H and O–H groups in total. The number of nitrogens with zero attached hydrogens (tertiary/aromatic N) is 2. The minimum Gasteiger partial charge on any atom is -0.346 e. The quantitative estimate of drug-likeness (QED) is 0.754. The van der Waals surface area contributed by atoms with Crippen LogP contribution in [0.4, 0.5) is 0 Å². The molecule has 1 amide bonds. The first-order valence-corrected chi connectivity index (χ1v) is 7.98. The number of aromatic nitrogens is 2. The molecule has 0 spiro atoms. The first-order valence-electron chi connectivity index (χ1n) is 7.98. The Morgan fingerprint density at radius 2 is 1.75 bits per heavy atom. The third-order valence-electron chi connectivity index (χ3n) is 3.84. The van der Waals surface area contributed by atoms with Gasteiger partial charge in [0.25, 0.3) is 0 Å². The summed E-state index contributed by atoms with van der Waals surface area (Å²) in [7, 11) is 0. The van der Waals surface area contributed by atoms with Gasteiger partial charge in [0.05, 0.1) is 12.5 Å². The van der Waals surface area contributed by atoms with Gasteiger partial charge in [-0.2, -0.15) is 4.98 Å². The fourth-order valence-corrected chi connectivity index (χ4v) is 2.57. The Hall–Kier alpha value is -2.95. The number of hydrogen-bond donors (Lipinski definition) is 1. The van der Waals surface area contributed by atoms with Crippen LogP contribution in [0.3, 0.4) is 0 Å². The van der Waals surface area contributed by atoms with Crippen LogP contribution < -0.4 is 5.32 Å². The fourth-order valence-electron chi connectivity index (χ4n) is 2.57. The van der Waals surface area contributed by atoms with Crippen molar-refractivity contribution < 1.29 is 9.32 Å². The van der Waals surface area contributed by atoms with Gasteiger partial charge < -0.3 is 9.84 Å². The number of carbonyl (C=O) groups excluding carboxylic acids is 1. The molecule has 0 aliphatic heterocycles. The molecule has 3 aromatic rings. The molecule has 5 nitrogen and oxygen atoms in total. The van der Waals surface area contributed by atoms with Gasteiger partial charge >= 0.3 is 0 Å². The molecular formula is C19H19N3O2. The Morgan fingerprint density at radius 3 is 2.42 bits per heavy atom. The van der Waals surface area contributed by atoms with Crippen molar-refractivity contribution in [1.29, 1.82) is 0 Å². The summed E-state index contributed by atoms with van der Waals surface area (Å²) in [5.74, 6) is 0.700. The highest BCUT2D eigenvalue weighted by molar-refractivity contribution is 5.83. The van der Waals surface area contributed by atoms with Gasteiger partial charge in [0.2, 0.25) is 17.6 Å². The molecule has 0 saturated carbocycles. The summed E-state index contributed by atoms with van der Waals surface area (Å²) in [4.78, 5) is 16.7. The minimum absolute atomic E-state index is 0.0387. The lowest BCUT2D eigenvalue weighted by atomic mass is 9.96. The van der Waals surface area contributed by atoms with Crippen LogP contribution in [-0.4, -0.2) is 16.0 Å². The van der Waals surface area contributed by atoms with Crippen molar-refractivity contribution in [2.24, 2.45) is 0 Å². The maximum Gasteiger partial charge on any atom is 0.246 e. The molecule has 24 heavy (non-hydrogen) atoms. The van der Waals surface area contributed by atoms with E-state index in [1.165, 1.54) is 0 Å². The molecular weight excluding hydrogens is 302 g/mol. The standard InChI is InChI=1S/C19H19N3O2/c1-2-16(14-9-5-3-6-10-14)19(23)20-13-17-21-18(22-24-17)15-11-7-4-8-12-15/h3-12,16H,2,13H2,1H3,(H,20,23)/t16-/m0/s1. The highest BCUT2D eigenvalue weighted by Crippen LogP contribution is 2.19. The van der Waals surface area contributed by atoms with E-state index in [1.807, 2.05) is 67.6 Å². The van der Waals surface area contributed by atoms with Crippen LogP contribution in [0.1, 0.15) is 30.7 Å². The lowest BCUT2D eigenvalue weighted by Crippen LogP contribution is -2.28. The molecule has 5 heteroatoms. The molecule has 0 unspecified atom stereocenters. The first-order chi connectivity index (χ1) is 11.8. The molecule has 0 aliphatic carbocycles. The Balaban J connectivity index is 1.63. The number of amides is 1. The fraction of sp³-hybridized carbons (Fsp3) is 0.211. The summed E-state index contributed by atoms with van der Waals surface area (Å²) in [5.41, 5.74) is 1.89. The van der Waals surface area contributed by atoms with E-state index in [2.05, 4.69) is 15.5 Å². The van der Waals surface area contributed by atoms with Crippen LogP contribution in [0, 0.1) is 0 Å². The van der Waals surface area contributed by atoms with Crippen molar-refractivity contribution in [2.45, 2.75) is 25.8 Å². The van der Waals surface area contributed by atoms with Crippen molar-refractivity contribution in [1.82, 2.24) is 15.5 Å². The van der Waals surface area contributed by atoms with Gasteiger partial charge in [-0.1, -0.05) is 72.7 Å². The highest BCUT2D eigenvalue weighted by Gasteiger charge is 2.19. The Kier molecular flexibility index (Phi) is 5.01. The van der Waals surface area contributed by atoms with Crippen LogP contribution in [0.5, 0.6) is 0 Å². The summed E-state index contributed by atoms with van der Waals surface area (Å²) < 4.78 is 5.21. The summed E-state index contributed by atoms with van der Waals surface area (Å²) in [6.45, 7) is 2.22. The number of carbonyl (C=O) groups is 1. The third kappa shape index (κ3) is 3.68. The van der Waals surface area contributed by atoms with Crippen LogP contribution in [0.2, 0.25) is 0 Å². The average molecular weight is 321 g/mol. The zero-order valence-corrected chi connectivity index (χ0v) is 13.5. The SMILES string of the molecule is CC[C@H](C(=O)NCc1nc(-c2ccccc2)no1)c1ccccc1. The smallest absolute Gasteiger partial charge is 0.246 e. The van der Waals surface area contributed by atoms with E-state index in [0.717, 1.165) is 17.5 Å². The van der Waals surface area contributed by atoms with Crippen molar-refractivity contribution in [3.8, 4) is 11.4 Å². The third-order valence-corrected chi connectivity index (χ3v) is 3.84. The van der Waals surface area contributed by atoms with Gasteiger partial charge in [-0.3, -0.25) is 4.79 Å². The van der Waals surface area contributed by atoms with Crippen molar-refractivity contribution in [2.75, 3.05) is 0 Å².